The first-order chi connectivity index (χ1) is 7.18. The molecule has 0 bridgehead atoms. The van der Waals surface area contributed by atoms with Crippen molar-refractivity contribution < 1.29 is 0 Å². The molecular weight excluding hydrogens is 229 g/mol. The Balaban J connectivity index is 2.27. The molecule has 0 radical (unpaired) electrons. The maximum Gasteiger partial charge on any atom is 0.0456 e. The standard InChI is InChI=1S/C12H15Cl2N/c13-8-5-6-9(11(14)7-8)10-3-1-2-4-12(10)15/h5-7,10,12H,1-4,15H2. The summed E-state index contributed by atoms with van der Waals surface area (Å²) in [6.07, 6.45) is 4.73. The van der Waals surface area contributed by atoms with Gasteiger partial charge in [-0.15, -0.1) is 0 Å². The number of rotatable bonds is 1. The Bertz CT molecular complexity index is 351. The fourth-order valence-corrected chi connectivity index (χ4v) is 2.90. The smallest absolute Gasteiger partial charge is 0.0456 e. The van der Waals surface area contributed by atoms with Gasteiger partial charge in [-0.3, -0.25) is 0 Å². The van der Waals surface area contributed by atoms with Gasteiger partial charge in [0, 0.05) is 22.0 Å². The Hall–Kier alpha value is -0.240. The number of hydrogen-bond acceptors (Lipinski definition) is 1. The van der Waals surface area contributed by atoms with Crippen molar-refractivity contribution in [2.45, 2.75) is 37.6 Å². The maximum atomic E-state index is 6.19. The van der Waals surface area contributed by atoms with Crippen LogP contribution in [0.4, 0.5) is 0 Å². The van der Waals surface area contributed by atoms with E-state index in [0.717, 1.165) is 23.4 Å². The molecule has 1 aromatic carbocycles. The molecule has 0 aromatic heterocycles. The van der Waals surface area contributed by atoms with Crippen molar-refractivity contribution in [3.8, 4) is 0 Å². The van der Waals surface area contributed by atoms with Gasteiger partial charge in [0.25, 0.3) is 0 Å². The quantitative estimate of drug-likeness (QED) is 0.794. The van der Waals surface area contributed by atoms with E-state index in [-0.39, 0.29) is 6.04 Å². The molecule has 1 aliphatic rings. The minimum absolute atomic E-state index is 0.248. The van der Waals surface area contributed by atoms with Gasteiger partial charge in [0.05, 0.1) is 0 Å². The summed E-state index contributed by atoms with van der Waals surface area (Å²) in [6, 6.07) is 5.96. The van der Waals surface area contributed by atoms with Gasteiger partial charge in [-0.1, -0.05) is 42.1 Å². The topological polar surface area (TPSA) is 26.0 Å². The molecule has 0 aliphatic heterocycles. The average molecular weight is 244 g/mol. The minimum atomic E-state index is 0.248. The Morgan fingerprint density at radius 2 is 1.87 bits per heavy atom. The van der Waals surface area contributed by atoms with E-state index in [4.69, 9.17) is 28.9 Å². The second kappa shape index (κ2) is 4.73. The van der Waals surface area contributed by atoms with Crippen molar-refractivity contribution >= 4 is 23.2 Å². The molecule has 1 aliphatic carbocycles. The highest BCUT2D eigenvalue weighted by Crippen LogP contribution is 2.36. The number of nitrogens with two attached hydrogens (primary N) is 1. The van der Waals surface area contributed by atoms with E-state index >= 15 is 0 Å². The molecule has 2 unspecified atom stereocenters. The van der Waals surface area contributed by atoms with Gasteiger partial charge < -0.3 is 5.73 Å². The lowest BCUT2D eigenvalue weighted by Crippen LogP contribution is -2.31. The molecule has 0 spiro atoms. The van der Waals surface area contributed by atoms with E-state index in [1.54, 1.807) is 6.07 Å². The zero-order valence-electron chi connectivity index (χ0n) is 8.55. The maximum absolute atomic E-state index is 6.19. The van der Waals surface area contributed by atoms with Gasteiger partial charge in [-0.05, 0) is 30.5 Å². The molecule has 3 heteroatoms. The van der Waals surface area contributed by atoms with Gasteiger partial charge in [0.1, 0.15) is 0 Å². The predicted octanol–water partition coefficient (Wildman–Crippen LogP) is 3.98. The SMILES string of the molecule is NC1CCCCC1c1ccc(Cl)cc1Cl. The lowest BCUT2D eigenvalue weighted by Gasteiger charge is -2.29. The number of halogens is 2. The summed E-state index contributed by atoms with van der Waals surface area (Å²) in [5.41, 5.74) is 7.29. The van der Waals surface area contributed by atoms with Gasteiger partial charge in [0.2, 0.25) is 0 Å². The molecule has 1 nitrogen and oxygen atoms in total. The zero-order chi connectivity index (χ0) is 10.8. The number of hydrogen-bond donors (Lipinski definition) is 1. The van der Waals surface area contributed by atoms with Crippen LogP contribution < -0.4 is 5.73 Å². The second-order valence-corrected chi connectivity index (χ2v) is 5.06. The van der Waals surface area contributed by atoms with Crippen LogP contribution in [-0.4, -0.2) is 6.04 Å². The summed E-state index contributed by atoms with van der Waals surface area (Å²) in [6.45, 7) is 0. The number of benzene rings is 1. The lowest BCUT2D eigenvalue weighted by molar-refractivity contribution is 0.385. The molecule has 0 heterocycles. The third-order valence-corrected chi connectivity index (χ3v) is 3.74. The Labute approximate surface area is 101 Å². The average Bonchev–Trinajstić information content (AvgIpc) is 2.20. The van der Waals surface area contributed by atoms with Crippen LogP contribution in [0.25, 0.3) is 0 Å². The van der Waals surface area contributed by atoms with Gasteiger partial charge >= 0.3 is 0 Å². The Morgan fingerprint density at radius 3 is 2.53 bits per heavy atom. The third-order valence-electron chi connectivity index (χ3n) is 3.18. The van der Waals surface area contributed by atoms with Crippen LogP contribution >= 0.6 is 23.2 Å². The monoisotopic (exact) mass is 243 g/mol. The summed E-state index contributed by atoms with van der Waals surface area (Å²) in [5.74, 6) is 0.406. The normalized spacial score (nSPS) is 26.6. The largest absolute Gasteiger partial charge is 0.327 e. The lowest BCUT2D eigenvalue weighted by atomic mass is 9.80. The molecule has 2 atom stereocenters. The van der Waals surface area contributed by atoms with Crippen LogP contribution in [0, 0.1) is 0 Å². The van der Waals surface area contributed by atoms with Crippen LogP contribution in [0.5, 0.6) is 0 Å². The highest BCUT2D eigenvalue weighted by Gasteiger charge is 2.24. The molecule has 82 valence electrons. The van der Waals surface area contributed by atoms with E-state index < -0.39 is 0 Å². The Morgan fingerprint density at radius 1 is 1.13 bits per heavy atom. The van der Waals surface area contributed by atoms with Crippen LogP contribution in [-0.2, 0) is 0 Å². The summed E-state index contributed by atoms with van der Waals surface area (Å²) < 4.78 is 0. The van der Waals surface area contributed by atoms with E-state index in [1.165, 1.54) is 12.8 Å². The first kappa shape index (κ1) is 11.3. The third kappa shape index (κ3) is 2.47. The molecule has 1 aromatic rings. The van der Waals surface area contributed by atoms with Crippen LogP contribution in [0.1, 0.15) is 37.2 Å². The van der Waals surface area contributed by atoms with E-state index in [9.17, 15) is 0 Å². The molecule has 2 rings (SSSR count). The van der Waals surface area contributed by atoms with Crippen LogP contribution in [0.3, 0.4) is 0 Å². The first-order valence-electron chi connectivity index (χ1n) is 5.39. The summed E-state index contributed by atoms with van der Waals surface area (Å²) in [4.78, 5) is 0. The molecule has 15 heavy (non-hydrogen) atoms. The molecular formula is C12H15Cl2N. The van der Waals surface area contributed by atoms with Crippen molar-refractivity contribution in [2.75, 3.05) is 0 Å². The van der Waals surface area contributed by atoms with E-state index in [0.29, 0.717) is 10.9 Å². The second-order valence-electron chi connectivity index (χ2n) is 4.22. The van der Waals surface area contributed by atoms with Crippen molar-refractivity contribution in [3.63, 3.8) is 0 Å². The summed E-state index contributed by atoms with van der Waals surface area (Å²) in [7, 11) is 0. The zero-order valence-corrected chi connectivity index (χ0v) is 10.1. The van der Waals surface area contributed by atoms with Crippen molar-refractivity contribution in [1.82, 2.24) is 0 Å². The van der Waals surface area contributed by atoms with Gasteiger partial charge in [-0.25, -0.2) is 0 Å². The van der Waals surface area contributed by atoms with Crippen LogP contribution in [0.2, 0.25) is 10.0 Å². The molecule has 2 N–H and O–H groups in total. The van der Waals surface area contributed by atoms with Crippen molar-refractivity contribution in [1.29, 1.82) is 0 Å². The molecule has 1 saturated carbocycles. The van der Waals surface area contributed by atoms with E-state index in [1.807, 2.05) is 12.1 Å². The molecule has 0 saturated heterocycles. The van der Waals surface area contributed by atoms with Crippen LogP contribution in [0.15, 0.2) is 18.2 Å². The minimum Gasteiger partial charge on any atom is -0.327 e. The highest BCUT2D eigenvalue weighted by molar-refractivity contribution is 6.35. The van der Waals surface area contributed by atoms with Gasteiger partial charge in [0.15, 0.2) is 0 Å². The molecule has 0 amide bonds. The van der Waals surface area contributed by atoms with Crippen molar-refractivity contribution in [2.24, 2.45) is 5.73 Å². The fraction of sp³-hybridized carbons (Fsp3) is 0.500. The first-order valence-corrected chi connectivity index (χ1v) is 6.14. The predicted molar refractivity (Wildman–Crippen MR) is 65.6 cm³/mol. The van der Waals surface area contributed by atoms with Crippen molar-refractivity contribution in [3.05, 3.63) is 33.8 Å². The summed E-state index contributed by atoms with van der Waals surface area (Å²) in [5, 5.41) is 1.44. The summed E-state index contributed by atoms with van der Waals surface area (Å²) >= 11 is 12.1. The molecule has 1 fully saturated rings. The highest BCUT2D eigenvalue weighted by atomic mass is 35.5. The fourth-order valence-electron chi connectivity index (χ4n) is 2.35. The van der Waals surface area contributed by atoms with Gasteiger partial charge in [-0.2, -0.15) is 0 Å². The van der Waals surface area contributed by atoms with E-state index in [2.05, 4.69) is 0 Å². The Kier molecular flexibility index (Phi) is 3.55.